The lowest BCUT2D eigenvalue weighted by molar-refractivity contribution is -0.145. The van der Waals surface area contributed by atoms with Crippen LogP contribution >= 0.6 is 0 Å². The molecule has 0 aliphatic carbocycles. The second-order valence-electron chi connectivity index (χ2n) is 9.21. The number of hydrogen-bond donors (Lipinski definition) is 1. The molecule has 0 bridgehead atoms. The first-order valence-corrected chi connectivity index (χ1v) is 12.8. The van der Waals surface area contributed by atoms with E-state index in [1.165, 1.54) is 19.3 Å². The van der Waals surface area contributed by atoms with Gasteiger partial charge in [-0.2, -0.15) is 0 Å². The molecule has 2 heterocycles. The van der Waals surface area contributed by atoms with Gasteiger partial charge in [0, 0.05) is 12.8 Å². The quantitative estimate of drug-likeness (QED) is 0.428. The zero-order valence-electron chi connectivity index (χ0n) is 23.5. The topological polar surface area (TPSA) is 110 Å². The fourth-order valence-corrected chi connectivity index (χ4v) is 4.26. The maximum atomic E-state index is 11.4. The summed E-state index contributed by atoms with van der Waals surface area (Å²) < 4.78 is 30.9. The van der Waals surface area contributed by atoms with Gasteiger partial charge in [0.05, 0.1) is 40.6 Å². The van der Waals surface area contributed by atoms with Gasteiger partial charge in [0.1, 0.15) is 29.5 Å². The van der Waals surface area contributed by atoms with Crippen molar-refractivity contribution in [3.8, 4) is 17.2 Å². The van der Waals surface area contributed by atoms with Crippen molar-refractivity contribution in [3.63, 3.8) is 0 Å². The number of carbonyl (C=O) groups is 2. The molecule has 2 atom stereocenters. The van der Waals surface area contributed by atoms with E-state index in [4.69, 9.17) is 28.4 Å². The summed E-state index contributed by atoms with van der Waals surface area (Å²) in [6.07, 6.45) is 8.60. The monoisotopic (exact) mass is 552 g/mol. The molecule has 0 amide bonds. The Bertz CT molecular complexity index is 1280. The van der Waals surface area contributed by atoms with E-state index < -0.39 is 0 Å². The third-order valence-corrected chi connectivity index (χ3v) is 6.38. The van der Waals surface area contributed by atoms with Crippen molar-refractivity contribution in [2.75, 3.05) is 28.4 Å². The van der Waals surface area contributed by atoms with Crippen LogP contribution in [0.4, 0.5) is 0 Å². The van der Waals surface area contributed by atoms with E-state index in [-0.39, 0.29) is 29.9 Å². The van der Waals surface area contributed by atoms with Crippen LogP contribution in [0.25, 0.3) is 6.08 Å². The molecule has 0 saturated heterocycles. The summed E-state index contributed by atoms with van der Waals surface area (Å²) in [5, 5.41) is 9.71. The van der Waals surface area contributed by atoms with Crippen molar-refractivity contribution >= 4 is 18.0 Å². The van der Waals surface area contributed by atoms with Crippen molar-refractivity contribution in [1.82, 2.24) is 0 Å². The molecule has 0 spiro atoms. The molecular weight excluding hydrogens is 516 g/mol. The normalized spacial score (nSPS) is 18.4. The lowest BCUT2D eigenvalue weighted by atomic mass is 10.0. The highest BCUT2D eigenvalue weighted by Crippen LogP contribution is 2.28. The summed E-state index contributed by atoms with van der Waals surface area (Å²) in [7, 11) is 6.26. The van der Waals surface area contributed by atoms with E-state index >= 15 is 0 Å². The summed E-state index contributed by atoms with van der Waals surface area (Å²) in [5.74, 6) is 1.97. The molecule has 40 heavy (non-hydrogen) atoms. The predicted octanol–water partition coefficient (Wildman–Crippen LogP) is 5.04. The molecule has 2 aliphatic heterocycles. The molecule has 0 saturated carbocycles. The van der Waals surface area contributed by atoms with Gasteiger partial charge in [-0.15, -0.1) is 0 Å². The van der Waals surface area contributed by atoms with Crippen LogP contribution in [0.3, 0.4) is 0 Å². The molecular formula is C31H36O9. The SMILES string of the molecule is COC1=CC(=O)OC(/C=C/c2ccc(OC)c(C)c2)C1.COC1=CC(=O)OC(CCc2ccc(OC)c(O)c2)C1. The molecule has 214 valence electrons. The molecule has 0 radical (unpaired) electrons. The Balaban J connectivity index is 0.000000220. The molecule has 0 fully saturated rings. The van der Waals surface area contributed by atoms with Gasteiger partial charge in [-0.3, -0.25) is 0 Å². The highest BCUT2D eigenvalue weighted by molar-refractivity contribution is 5.84. The van der Waals surface area contributed by atoms with Crippen LogP contribution in [-0.2, 0) is 35.0 Å². The molecule has 2 unspecified atom stereocenters. The average Bonchev–Trinajstić information content (AvgIpc) is 2.95. The molecule has 2 aliphatic rings. The van der Waals surface area contributed by atoms with Gasteiger partial charge in [0.15, 0.2) is 11.5 Å². The van der Waals surface area contributed by atoms with Gasteiger partial charge in [0.2, 0.25) is 0 Å². The Morgan fingerprint density at radius 3 is 2.12 bits per heavy atom. The fourth-order valence-electron chi connectivity index (χ4n) is 4.26. The van der Waals surface area contributed by atoms with Crippen molar-refractivity contribution < 1.29 is 43.1 Å². The van der Waals surface area contributed by atoms with Crippen LogP contribution in [0.2, 0.25) is 0 Å². The minimum Gasteiger partial charge on any atom is -0.504 e. The number of methoxy groups -OCH3 is 4. The Morgan fingerprint density at radius 1 is 0.850 bits per heavy atom. The lowest BCUT2D eigenvalue weighted by Crippen LogP contribution is -2.23. The van der Waals surface area contributed by atoms with E-state index in [0.29, 0.717) is 43.0 Å². The number of cyclic esters (lactones) is 2. The number of aromatic hydroxyl groups is 1. The number of phenols is 1. The highest BCUT2D eigenvalue weighted by atomic mass is 16.6. The molecule has 9 nitrogen and oxygen atoms in total. The third kappa shape index (κ3) is 8.83. The lowest BCUT2D eigenvalue weighted by Gasteiger charge is -2.22. The van der Waals surface area contributed by atoms with Gasteiger partial charge in [-0.25, -0.2) is 9.59 Å². The third-order valence-electron chi connectivity index (χ3n) is 6.38. The van der Waals surface area contributed by atoms with Gasteiger partial charge >= 0.3 is 11.9 Å². The summed E-state index contributed by atoms with van der Waals surface area (Å²) in [6, 6.07) is 11.2. The number of carbonyl (C=O) groups excluding carboxylic acids is 2. The number of benzene rings is 2. The zero-order chi connectivity index (χ0) is 29.1. The second-order valence-corrected chi connectivity index (χ2v) is 9.21. The largest absolute Gasteiger partial charge is 0.504 e. The van der Waals surface area contributed by atoms with Gasteiger partial charge in [-0.05, 0) is 66.8 Å². The smallest absolute Gasteiger partial charge is 0.334 e. The summed E-state index contributed by atoms with van der Waals surface area (Å²) >= 11 is 0. The first-order valence-electron chi connectivity index (χ1n) is 12.8. The van der Waals surface area contributed by atoms with Crippen molar-refractivity contribution in [1.29, 1.82) is 0 Å². The number of ether oxygens (including phenoxy) is 6. The maximum absolute atomic E-state index is 11.4. The van der Waals surface area contributed by atoms with Crippen LogP contribution in [0.5, 0.6) is 17.2 Å². The van der Waals surface area contributed by atoms with Crippen molar-refractivity contribution in [3.05, 3.63) is 82.8 Å². The second kappa shape index (κ2) is 14.7. The maximum Gasteiger partial charge on any atom is 0.334 e. The molecule has 0 aromatic heterocycles. The highest BCUT2D eigenvalue weighted by Gasteiger charge is 2.22. The summed E-state index contributed by atoms with van der Waals surface area (Å²) in [4.78, 5) is 22.7. The number of rotatable bonds is 9. The Kier molecular flexibility index (Phi) is 11.1. The Morgan fingerprint density at radius 2 is 1.50 bits per heavy atom. The minimum absolute atomic E-state index is 0.114. The Labute approximate surface area is 234 Å². The molecule has 2 aromatic carbocycles. The average molecular weight is 553 g/mol. The van der Waals surface area contributed by atoms with Crippen LogP contribution < -0.4 is 9.47 Å². The fraction of sp³-hybridized carbons (Fsp3) is 0.355. The number of phenolic OH excluding ortho intramolecular Hbond substituents is 1. The van der Waals surface area contributed by atoms with Crippen LogP contribution in [-0.4, -0.2) is 57.7 Å². The predicted molar refractivity (Wildman–Crippen MR) is 149 cm³/mol. The first kappa shape index (κ1) is 30.1. The number of hydrogen-bond acceptors (Lipinski definition) is 9. The van der Waals surface area contributed by atoms with E-state index in [1.54, 1.807) is 33.5 Å². The van der Waals surface area contributed by atoms with Crippen molar-refractivity contribution in [2.45, 2.75) is 44.8 Å². The van der Waals surface area contributed by atoms with Crippen molar-refractivity contribution in [2.24, 2.45) is 0 Å². The molecule has 4 rings (SSSR count). The standard InChI is InChI=1S/C16H18O4.C15H18O5/c1-11-8-12(5-7-15(11)19-3)4-6-13-9-14(18-2)10-16(17)20-13;1-18-12-8-11(20-15(17)9-12)5-3-10-4-6-14(19-2)13(16)7-10/h4-8,10,13H,9H2,1-3H3;4,6-7,9,11,16H,3,5,8H2,1-2H3/b6-4+;. The van der Waals surface area contributed by atoms with Gasteiger partial charge in [0.25, 0.3) is 0 Å². The number of aryl methyl sites for hydroxylation is 2. The van der Waals surface area contributed by atoms with E-state index in [2.05, 4.69) is 0 Å². The molecule has 2 aromatic rings. The van der Waals surface area contributed by atoms with Crippen LogP contribution in [0.15, 0.2) is 66.1 Å². The molecule has 1 N–H and O–H groups in total. The summed E-state index contributed by atoms with van der Waals surface area (Å²) in [6.45, 7) is 1.99. The van der Waals surface area contributed by atoms with E-state index in [0.717, 1.165) is 22.4 Å². The van der Waals surface area contributed by atoms with Gasteiger partial charge < -0.3 is 33.5 Å². The Hall–Kier alpha value is -4.40. The van der Waals surface area contributed by atoms with E-state index in [9.17, 15) is 14.7 Å². The van der Waals surface area contributed by atoms with Gasteiger partial charge in [-0.1, -0.05) is 18.2 Å². The minimum atomic E-state index is -0.367. The van der Waals surface area contributed by atoms with Crippen LogP contribution in [0, 0.1) is 6.92 Å². The first-order chi connectivity index (χ1) is 19.2. The van der Waals surface area contributed by atoms with E-state index in [1.807, 2.05) is 43.3 Å². The summed E-state index contributed by atoms with van der Waals surface area (Å²) in [5.41, 5.74) is 3.06. The molecule has 9 heteroatoms. The van der Waals surface area contributed by atoms with Crippen LogP contribution in [0.1, 0.15) is 36.0 Å². The zero-order valence-corrected chi connectivity index (χ0v) is 23.5. The number of esters is 2.